The largest absolute Gasteiger partial charge is 0.325 e. The van der Waals surface area contributed by atoms with Crippen molar-refractivity contribution in [2.75, 3.05) is 5.32 Å². The SMILES string of the molecule is Cc1nc(-c2ccccc2)cc(=O)n1CC(=O)Nc1ccc(F)cc1. The molecule has 25 heavy (non-hydrogen) atoms. The summed E-state index contributed by atoms with van der Waals surface area (Å²) in [5, 5.41) is 2.63. The molecule has 5 nitrogen and oxygen atoms in total. The van der Waals surface area contributed by atoms with Crippen LogP contribution in [0.1, 0.15) is 5.82 Å². The van der Waals surface area contributed by atoms with E-state index in [2.05, 4.69) is 10.3 Å². The highest BCUT2D eigenvalue weighted by molar-refractivity contribution is 5.90. The summed E-state index contributed by atoms with van der Waals surface area (Å²) in [5.41, 5.74) is 1.57. The summed E-state index contributed by atoms with van der Waals surface area (Å²) in [4.78, 5) is 28.9. The number of aryl methyl sites for hydroxylation is 1. The number of rotatable bonds is 4. The normalized spacial score (nSPS) is 10.5. The molecule has 0 bridgehead atoms. The molecule has 0 fully saturated rings. The van der Waals surface area contributed by atoms with Gasteiger partial charge in [-0.05, 0) is 31.2 Å². The van der Waals surface area contributed by atoms with E-state index in [0.717, 1.165) is 5.56 Å². The topological polar surface area (TPSA) is 64.0 Å². The summed E-state index contributed by atoms with van der Waals surface area (Å²) in [6, 6.07) is 16.2. The summed E-state index contributed by atoms with van der Waals surface area (Å²) < 4.78 is 14.2. The second-order valence-electron chi connectivity index (χ2n) is 5.53. The zero-order valence-electron chi connectivity index (χ0n) is 13.6. The molecular weight excluding hydrogens is 321 g/mol. The van der Waals surface area contributed by atoms with Crippen LogP contribution >= 0.6 is 0 Å². The Labute approximate surface area is 143 Å². The van der Waals surface area contributed by atoms with Gasteiger partial charge in [0.2, 0.25) is 5.91 Å². The molecule has 1 N–H and O–H groups in total. The predicted octanol–water partition coefficient (Wildman–Crippen LogP) is 3.00. The van der Waals surface area contributed by atoms with E-state index in [1.807, 2.05) is 30.3 Å². The maximum atomic E-state index is 12.9. The van der Waals surface area contributed by atoms with E-state index >= 15 is 0 Å². The quantitative estimate of drug-likeness (QED) is 0.796. The van der Waals surface area contributed by atoms with Crippen molar-refractivity contribution in [2.45, 2.75) is 13.5 Å². The minimum Gasteiger partial charge on any atom is -0.325 e. The van der Waals surface area contributed by atoms with Gasteiger partial charge in [0.05, 0.1) is 5.69 Å². The van der Waals surface area contributed by atoms with Crippen molar-refractivity contribution in [1.82, 2.24) is 9.55 Å². The Morgan fingerprint density at radius 1 is 1.12 bits per heavy atom. The minimum absolute atomic E-state index is 0.163. The van der Waals surface area contributed by atoms with Gasteiger partial charge >= 0.3 is 0 Å². The van der Waals surface area contributed by atoms with Crippen molar-refractivity contribution >= 4 is 11.6 Å². The molecule has 0 aliphatic rings. The Morgan fingerprint density at radius 3 is 2.44 bits per heavy atom. The van der Waals surface area contributed by atoms with E-state index in [-0.39, 0.29) is 23.8 Å². The summed E-state index contributed by atoms with van der Waals surface area (Å²) in [6.45, 7) is 1.52. The van der Waals surface area contributed by atoms with Crippen molar-refractivity contribution in [3.05, 3.63) is 82.7 Å². The van der Waals surface area contributed by atoms with Crippen molar-refractivity contribution in [1.29, 1.82) is 0 Å². The van der Waals surface area contributed by atoms with Crippen LogP contribution in [0.3, 0.4) is 0 Å². The minimum atomic E-state index is -0.384. The molecule has 3 rings (SSSR count). The van der Waals surface area contributed by atoms with Gasteiger partial charge in [0, 0.05) is 17.3 Å². The number of benzene rings is 2. The van der Waals surface area contributed by atoms with E-state index in [9.17, 15) is 14.0 Å². The molecule has 0 aliphatic heterocycles. The van der Waals surface area contributed by atoms with Crippen molar-refractivity contribution < 1.29 is 9.18 Å². The molecule has 0 spiro atoms. The first-order valence-electron chi connectivity index (χ1n) is 7.72. The number of halogens is 1. The Hall–Kier alpha value is -3.28. The van der Waals surface area contributed by atoms with Crippen LogP contribution in [-0.4, -0.2) is 15.5 Å². The molecule has 0 radical (unpaired) electrons. The molecule has 0 atom stereocenters. The number of amides is 1. The van der Waals surface area contributed by atoms with Gasteiger partial charge in [0.15, 0.2) is 0 Å². The molecule has 6 heteroatoms. The van der Waals surface area contributed by atoms with Crippen LogP contribution in [0.15, 0.2) is 65.5 Å². The van der Waals surface area contributed by atoms with Crippen LogP contribution in [0.25, 0.3) is 11.3 Å². The third-order valence-electron chi connectivity index (χ3n) is 3.70. The molecule has 1 amide bonds. The average Bonchev–Trinajstić information content (AvgIpc) is 2.61. The highest BCUT2D eigenvalue weighted by Crippen LogP contribution is 2.15. The summed E-state index contributed by atoms with van der Waals surface area (Å²) in [7, 11) is 0. The lowest BCUT2D eigenvalue weighted by molar-refractivity contribution is -0.116. The van der Waals surface area contributed by atoms with Crippen molar-refractivity contribution in [3.63, 3.8) is 0 Å². The standard InChI is InChI=1S/C19H16FN3O2/c1-13-21-17(14-5-3-2-4-6-14)11-19(25)23(13)12-18(24)22-16-9-7-15(20)8-10-16/h2-11H,12H2,1H3,(H,22,24). The lowest BCUT2D eigenvalue weighted by Crippen LogP contribution is -2.29. The summed E-state index contributed by atoms with van der Waals surface area (Å²) in [5.74, 6) is -0.322. The number of hydrogen-bond donors (Lipinski definition) is 1. The molecule has 2 aromatic carbocycles. The van der Waals surface area contributed by atoms with Gasteiger partial charge in [-0.1, -0.05) is 30.3 Å². The first kappa shape index (κ1) is 16.6. The van der Waals surface area contributed by atoms with Crippen LogP contribution in [0.5, 0.6) is 0 Å². The van der Waals surface area contributed by atoms with E-state index in [1.165, 1.54) is 34.9 Å². The first-order valence-corrected chi connectivity index (χ1v) is 7.72. The molecule has 3 aromatic rings. The predicted molar refractivity (Wildman–Crippen MR) is 93.7 cm³/mol. The van der Waals surface area contributed by atoms with Gasteiger partial charge in [-0.25, -0.2) is 9.37 Å². The van der Waals surface area contributed by atoms with E-state index in [4.69, 9.17) is 0 Å². The van der Waals surface area contributed by atoms with Crippen molar-refractivity contribution in [3.8, 4) is 11.3 Å². The number of aromatic nitrogens is 2. The molecule has 1 aromatic heterocycles. The number of nitrogens with zero attached hydrogens (tertiary/aromatic N) is 2. The number of hydrogen-bond acceptors (Lipinski definition) is 3. The van der Waals surface area contributed by atoms with Gasteiger partial charge < -0.3 is 5.32 Å². The third kappa shape index (κ3) is 3.98. The van der Waals surface area contributed by atoms with E-state index in [1.54, 1.807) is 6.92 Å². The Balaban J connectivity index is 1.79. The van der Waals surface area contributed by atoms with Gasteiger partial charge in [0.25, 0.3) is 5.56 Å². The van der Waals surface area contributed by atoms with Crippen LogP contribution in [0, 0.1) is 12.7 Å². The maximum absolute atomic E-state index is 12.9. The summed E-state index contributed by atoms with van der Waals surface area (Å²) in [6.07, 6.45) is 0. The molecule has 0 aliphatic carbocycles. The molecule has 0 unspecified atom stereocenters. The number of carbonyl (C=O) groups is 1. The van der Waals surface area contributed by atoms with Crippen LogP contribution in [-0.2, 0) is 11.3 Å². The highest BCUT2D eigenvalue weighted by Gasteiger charge is 2.11. The highest BCUT2D eigenvalue weighted by atomic mass is 19.1. The Morgan fingerprint density at radius 2 is 1.80 bits per heavy atom. The average molecular weight is 337 g/mol. The maximum Gasteiger partial charge on any atom is 0.254 e. The Kier molecular flexibility index (Phi) is 4.70. The van der Waals surface area contributed by atoms with Crippen LogP contribution in [0.4, 0.5) is 10.1 Å². The van der Waals surface area contributed by atoms with Gasteiger partial charge in [-0.3, -0.25) is 14.2 Å². The lowest BCUT2D eigenvalue weighted by Gasteiger charge is -2.11. The third-order valence-corrected chi connectivity index (χ3v) is 3.70. The molecule has 0 saturated heterocycles. The zero-order valence-corrected chi connectivity index (χ0v) is 13.6. The molecule has 0 saturated carbocycles. The zero-order chi connectivity index (χ0) is 17.8. The first-order chi connectivity index (χ1) is 12.0. The fourth-order valence-electron chi connectivity index (χ4n) is 2.45. The second-order valence-corrected chi connectivity index (χ2v) is 5.53. The monoisotopic (exact) mass is 337 g/mol. The molecule has 1 heterocycles. The fraction of sp³-hybridized carbons (Fsp3) is 0.105. The smallest absolute Gasteiger partial charge is 0.254 e. The van der Waals surface area contributed by atoms with Gasteiger partial charge in [0.1, 0.15) is 18.2 Å². The number of nitrogens with one attached hydrogen (secondary N) is 1. The molecule has 126 valence electrons. The van der Waals surface area contributed by atoms with Crippen LogP contribution < -0.4 is 10.9 Å². The number of anilines is 1. The van der Waals surface area contributed by atoms with Crippen molar-refractivity contribution in [2.24, 2.45) is 0 Å². The Bertz CT molecular complexity index is 951. The fourth-order valence-corrected chi connectivity index (χ4v) is 2.45. The van der Waals surface area contributed by atoms with Crippen LogP contribution in [0.2, 0.25) is 0 Å². The van der Waals surface area contributed by atoms with Gasteiger partial charge in [-0.15, -0.1) is 0 Å². The van der Waals surface area contributed by atoms with E-state index < -0.39 is 0 Å². The second kappa shape index (κ2) is 7.09. The lowest BCUT2D eigenvalue weighted by atomic mass is 10.1. The van der Waals surface area contributed by atoms with Gasteiger partial charge in [-0.2, -0.15) is 0 Å². The summed E-state index contributed by atoms with van der Waals surface area (Å²) >= 11 is 0. The molecular formula is C19H16FN3O2. The number of carbonyl (C=O) groups excluding carboxylic acids is 1. The van der Waals surface area contributed by atoms with E-state index in [0.29, 0.717) is 17.2 Å².